The molecule has 3 aliphatic heterocycles. The number of nitrogens with one attached hydrogen (secondary N) is 2. The van der Waals surface area contributed by atoms with E-state index in [1.165, 1.54) is 12.3 Å². The lowest BCUT2D eigenvalue weighted by atomic mass is 10.1. The molecule has 154 valence electrons. The quantitative estimate of drug-likeness (QED) is 0.554. The Bertz CT molecular complexity index is 1150. The first-order valence-corrected chi connectivity index (χ1v) is 9.77. The average Bonchev–Trinajstić information content (AvgIpc) is 3.48. The minimum absolute atomic E-state index is 0.285. The van der Waals surface area contributed by atoms with E-state index in [0.29, 0.717) is 54.6 Å². The minimum atomic E-state index is -0.454. The van der Waals surface area contributed by atoms with Gasteiger partial charge < -0.3 is 15.4 Å². The van der Waals surface area contributed by atoms with Gasteiger partial charge in [-0.2, -0.15) is 5.10 Å². The third kappa shape index (κ3) is 2.70. The number of aromatic nitrogens is 4. The molecule has 3 aromatic rings. The summed E-state index contributed by atoms with van der Waals surface area (Å²) in [4.78, 5) is 27.6. The van der Waals surface area contributed by atoms with Crippen LogP contribution in [-0.2, 0) is 4.84 Å². The second kappa shape index (κ2) is 6.61. The fourth-order valence-corrected chi connectivity index (χ4v) is 4.21. The first-order chi connectivity index (χ1) is 14.7. The van der Waals surface area contributed by atoms with Gasteiger partial charge in [0.05, 0.1) is 31.1 Å². The second-order valence-electron chi connectivity index (χ2n) is 7.52. The van der Waals surface area contributed by atoms with E-state index >= 15 is 0 Å². The molecule has 11 heteroatoms. The van der Waals surface area contributed by atoms with Gasteiger partial charge in [0.1, 0.15) is 17.5 Å². The lowest BCUT2D eigenvalue weighted by molar-refractivity contribution is 0.0902. The van der Waals surface area contributed by atoms with Gasteiger partial charge >= 0.3 is 0 Å². The molecule has 2 fully saturated rings. The van der Waals surface area contributed by atoms with Gasteiger partial charge in [-0.1, -0.05) is 0 Å². The van der Waals surface area contributed by atoms with Gasteiger partial charge in [0, 0.05) is 37.3 Å². The Morgan fingerprint density at radius 3 is 3.13 bits per heavy atom. The van der Waals surface area contributed by atoms with Crippen molar-refractivity contribution in [1.29, 1.82) is 0 Å². The van der Waals surface area contributed by atoms with Crippen molar-refractivity contribution in [3.63, 3.8) is 0 Å². The number of fused-ring (bicyclic) bond motifs is 6. The Hall–Kier alpha value is -3.31. The molecule has 2 saturated heterocycles. The molecular weight excluding hydrogens is 393 g/mol. The van der Waals surface area contributed by atoms with Gasteiger partial charge in [0.15, 0.2) is 11.5 Å². The van der Waals surface area contributed by atoms with Gasteiger partial charge in [0.25, 0.3) is 5.91 Å². The van der Waals surface area contributed by atoms with E-state index in [9.17, 15) is 9.18 Å². The smallest absolute Gasteiger partial charge is 0.257 e. The molecular formula is C19H18FN7O3. The monoisotopic (exact) mass is 411 g/mol. The largest absolute Gasteiger partial charge is 0.470 e. The third-order valence-electron chi connectivity index (χ3n) is 5.67. The van der Waals surface area contributed by atoms with Gasteiger partial charge in [-0.25, -0.2) is 23.9 Å². The van der Waals surface area contributed by atoms with E-state index in [4.69, 9.17) is 9.57 Å². The van der Waals surface area contributed by atoms with Crippen LogP contribution in [0.1, 0.15) is 28.4 Å². The SMILES string of the molecule is O=C1N[C@@H]2CNC[C@@H]2Oc2ncc(F)cc2C2CCON2c2ccn3ncc1c3n2. The van der Waals surface area contributed by atoms with Gasteiger partial charge in [-0.05, 0) is 6.07 Å². The molecule has 10 nitrogen and oxygen atoms in total. The lowest BCUT2D eigenvalue weighted by Crippen LogP contribution is -2.45. The molecule has 3 aliphatic rings. The molecule has 6 rings (SSSR count). The zero-order valence-electron chi connectivity index (χ0n) is 15.8. The Balaban J connectivity index is 1.55. The number of ether oxygens (including phenoxy) is 1. The van der Waals surface area contributed by atoms with Crippen molar-refractivity contribution < 1.29 is 18.8 Å². The first kappa shape index (κ1) is 17.5. The van der Waals surface area contributed by atoms with Crippen LogP contribution in [0.15, 0.2) is 30.7 Å². The Morgan fingerprint density at radius 1 is 1.27 bits per heavy atom. The van der Waals surface area contributed by atoms with E-state index in [-0.39, 0.29) is 24.1 Å². The maximum Gasteiger partial charge on any atom is 0.257 e. The molecule has 0 radical (unpaired) electrons. The summed E-state index contributed by atoms with van der Waals surface area (Å²) >= 11 is 0. The van der Waals surface area contributed by atoms with Crippen LogP contribution in [0.4, 0.5) is 10.2 Å². The molecule has 3 atom stereocenters. The minimum Gasteiger partial charge on any atom is -0.470 e. The first-order valence-electron chi connectivity index (χ1n) is 9.77. The molecule has 0 aliphatic carbocycles. The molecule has 1 amide bonds. The molecule has 1 unspecified atom stereocenters. The van der Waals surface area contributed by atoms with E-state index in [1.807, 2.05) is 0 Å². The molecule has 3 aromatic heterocycles. The van der Waals surface area contributed by atoms with Crippen molar-refractivity contribution in [2.45, 2.75) is 24.6 Å². The van der Waals surface area contributed by atoms with Crippen LogP contribution in [-0.4, -0.2) is 57.3 Å². The molecule has 0 saturated carbocycles. The molecule has 6 heterocycles. The predicted molar refractivity (Wildman–Crippen MR) is 102 cm³/mol. The highest BCUT2D eigenvalue weighted by atomic mass is 19.1. The topological polar surface area (TPSA) is 106 Å². The zero-order chi connectivity index (χ0) is 20.2. The van der Waals surface area contributed by atoms with Gasteiger partial charge in [-0.15, -0.1) is 0 Å². The summed E-state index contributed by atoms with van der Waals surface area (Å²) < 4.78 is 21.9. The van der Waals surface area contributed by atoms with Crippen molar-refractivity contribution in [1.82, 2.24) is 30.2 Å². The summed E-state index contributed by atoms with van der Waals surface area (Å²) in [6.45, 7) is 1.51. The Morgan fingerprint density at radius 2 is 2.20 bits per heavy atom. The number of carbonyl (C=O) groups is 1. The Labute approximate surface area is 170 Å². The number of hydrogen-bond acceptors (Lipinski definition) is 8. The maximum atomic E-state index is 14.1. The van der Waals surface area contributed by atoms with Crippen molar-refractivity contribution in [3.05, 3.63) is 47.7 Å². The summed E-state index contributed by atoms with van der Waals surface area (Å²) in [7, 11) is 0. The highest BCUT2D eigenvalue weighted by Gasteiger charge is 2.36. The number of hydroxylamine groups is 1. The van der Waals surface area contributed by atoms with Crippen molar-refractivity contribution in [3.8, 4) is 5.88 Å². The van der Waals surface area contributed by atoms with Crippen LogP contribution >= 0.6 is 0 Å². The standard InChI is InChI=1S/C19H18FN7O3/c20-10-5-11-14-2-4-29-27(14)16-1-3-26-17(25-16)12(7-23-26)18(28)24-13-8-21-9-15(13)30-19(11)22-6-10/h1,3,5-7,13-15,21H,2,4,8-9H2,(H,24,28)/t13-,14?,15+/m1/s1. The van der Waals surface area contributed by atoms with E-state index in [1.54, 1.807) is 21.8 Å². The van der Waals surface area contributed by atoms with Crippen LogP contribution < -0.4 is 20.4 Å². The summed E-state index contributed by atoms with van der Waals surface area (Å²) in [6, 6.07) is 2.55. The fraction of sp³-hybridized carbons (Fsp3) is 0.368. The van der Waals surface area contributed by atoms with Gasteiger partial charge in [0.2, 0.25) is 5.88 Å². The molecule has 2 bridgehead atoms. The van der Waals surface area contributed by atoms with Crippen molar-refractivity contribution in [2.24, 2.45) is 0 Å². The highest BCUT2D eigenvalue weighted by molar-refractivity contribution is 6.00. The molecule has 30 heavy (non-hydrogen) atoms. The third-order valence-corrected chi connectivity index (χ3v) is 5.67. The van der Waals surface area contributed by atoms with Crippen LogP contribution in [0.2, 0.25) is 0 Å². The molecule has 2 N–H and O–H groups in total. The number of carbonyl (C=O) groups excluding carboxylic acids is 1. The van der Waals surface area contributed by atoms with Crippen LogP contribution in [0.5, 0.6) is 5.88 Å². The number of nitrogens with zero attached hydrogens (tertiary/aromatic N) is 5. The predicted octanol–water partition coefficient (Wildman–Crippen LogP) is 0.609. The van der Waals surface area contributed by atoms with Crippen LogP contribution in [0.25, 0.3) is 5.65 Å². The summed E-state index contributed by atoms with van der Waals surface area (Å²) in [5.74, 6) is 0.0795. The summed E-state index contributed by atoms with van der Waals surface area (Å²) in [5, 5.41) is 12.1. The number of rotatable bonds is 0. The summed E-state index contributed by atoms with van der Waals surface area (Å²) in [6.07, 6.45) is 4.60. The molecule has 0 aromatic carbocycles. The van der Waals surface area contributed by atoms with Crippen molar-refractivity contribution >= 4 is 17.4 Å². The number of pyridine rings is 1. The average molecular weight is 411 g/mol. The van der Waals surface area contributed by atoms with E-state index < -0.39 is 5.82 Å². The van der Waals surface area contributed by atoms with Crippen LogP contribution in [0, 0.1) is 5.82 Å². The Kier molecular flexibility index (Phi) is 3.86. The number of amides is 1. The van der Waals surface area contributed by atoms with Crippen molar-refractivity contribution in [2.75, 3.05) is 24.8 Å². The number of anilines is 1. The normalized spacial score (nSPS) is 25.6. The summed E-state index contributed by atoms with van der Waals surface area (Å²) in [5.41, 5.74) is 1.36. The maximum absolute atomic E-state index is 14.1. The highest BCUT2D eigenvalue weighted by Crippen LogP contribution is 2.38. The lowest BCUT2D eigenvalue weighted by Gasteiger charge is -2.26. The van der Waals surface area contributed by atoms with Gasteiger partial charge in [-0.3, -0.25) is 9.63 Å². The molecule has 0 spiro atoms. The van der Waals surface area contributed by atoms with E-state index in [0.717, 1.165) is 6.20 Å². The van der Waals surface area contributed by atoms with E-state index in [2.05, 4.69) is 25.7 Å². The fourth-order valence-electron chi connectivity index (χ4n) is 4.21. The number of halogens is 1. The zero-order valence-corrected chi connectivity index (χ0v) is 15.8. The second-order valence-corrected chi connectivity index (χ2v) is 7.52. The number of hydrogen-bond donors (Lipinski definition) is 2. The van der Waals surface area contributed by atoms with Crippen LogP contribution in [0.3, 0.4) is 0 Å².